The first-order chi connectivity index (χ1) is 10.6. The Labute approximate surface area is 134 Å². The van der Waals surface area contributed by atoms with Crippen molar-refractivity contribution in [2.45, 2.75) is 58.0 Å². The second kappa shape index (κ2) is 6.49. The van der Waals surface area contributed by atoms with E-state index in [0.29, 0.717) is 12.1 Å². The predicted molar refractivity (Wildman–Crippen MR) is 92.1 cm³/mol. The fraction of sp³-hybridized carbons (Fsp3) is 0.684. The highest BCUT2D eigenvalue weighted by Crippen LogP contribution is 2.49. The quantitative estimate of drug-likeness (QED) is 0.789. The predicted octanol–water partition coefficient (Wildman–Crippen LogP) is 3.62. The van der Waals surface area contributed by atoms with Crippen molar-refractivity contribution in [2.24, 2.45) is 17.8 Å². The molecule has 0 spiro atoms. The zero-order chi connectivity index (χ0) is 15.7. The number of anilines is 1. The first kappa shape index (κ1) is 15.7. The van der Waals surface area contributed by atoms with Crippen LogP contribution >= 0.6 is 0 Å². The molecule has 0 aromatic heterocycles. The Bertz CT molecular complexity index is 516. The number of ether oxygens (including phenoxy) is 1. The van der Waals surface area contributed by atoms with Gasteiger partial charge in [-0.2, -0.15) is 0 Å². The number of nitrogens with one attached hydrogen (secondary N) is 1. The Morgan fingerprint density at radius 1 is 1.27 bits per heavy atom. The van der Waals surface area contributed by atoms with Crippen molar-refractivity contribution in [3.63, 3.8) is 0 Å². The van der Waals surface area contributed by atoms with Gasteiger partial charge in [0.15, 0.2) is 0 Å². The molecule has 1 aromatic carbocycles. The summed E-state index contributed by atoms with van der Waals surface area (Å²) in [5.74, 6) is 3.66. The molecule has 2 aliphatic rings. The first-order valence-electron chi connectivity index (χ1n) is 8.75. The fourth-order valence-corrected chi connectivity index (χ4v) is 4.80. The third-order valence-electron chi connectivity index (χ3n) is 5.82. The lowest BCUT2D eigenvalue weighted by Gasteiger charge is -2.31. The standard InChI is InChI=1S/C19H30N2O/c1-12(8-14-5-7-19(22-3)18(20)11-14)21-13(2)17-10-15-4-6-16(17)9-15/h5,7,11-13,15-17,21H,4,6,8-10,20H2,1-3H3. The van der Waals surface area contributed by atoms with E-state index < -0.39 is 0 Å². The van der Waals surface area contributed by atoms with Gasteiger partial charge < -0.3 is 15.8 Å². The maximum absolute atomic E-state index is 6.00. The van der Waals surface area contributed by atoms with Gasteiger partial charge in [-0.15, -0.1) is 0 Å². The highest BCUT2D eigenvalue weighted by molar-refractivity contribution is 5.54. The zero-order valence-corrected chi connectivity index (χ0v) is 14.1. The third kappa shape index (κ3) is 3.24. The number of fused-ring (bicyclic) bond motifs is 2. The van der Waals surface area contributed by atoms with Gasteiger partial charge in [-0.25, -0.2) is 0 Å². The van der Waals surface area contributed by atoms with Crippen molar-refractivity contribution in [1.82, 2.24) is 5.32 Å². The van der Waals surface area contributed by atoms with Crippen LogP contribution in [0.4, 0.5) is 5.69 Å². The summed E-state index contributed by atoms with van der Waals surface area (Å²) in [6.45, 7) is 4.66. The summed E-state index contributed by atoms with van der Waals surface area (Å²) >= 11 is 0. The zero-order valence-electron chi connectivity index (χ0n) is 14.1. The van der Waals surface area contributed by atoms with Crippen LogP contribution in [0.1, 0.15) is 45.1 Å². The molecule has 2 saturated carbocycles. The number of nitrogen functional groups attached to an aromatic ring is 1. The lowest BCUT2D eigenvalue weighted by molar-refractivity contribution is 0.247. The van der Waals surface area contributed by atoms with E-state index in [9.17, 15) is 0 Å². The second-order valence-electron chi connectivity index (χ2n) is 7.48. The monoisotopic (exact) mass is 302 g/mol. The lowest BCUT2D eigenvalue weighted by atomic mass is 9.83. The summed E-state index contributed by atoms with van der Waals surface area (Å²) in [4.78, 5) is 0. The summed E-state index contributed by atoms with van der Waals surface area (Å²) < 4.78 is 5.22. The van der Waals surface area contributed by atoms with Gasteiger partial charge in [-0.05, 0) is 75.0 Å². The second-order valence-corrected chi connectivity index (χ2v) is 7.48. The molecular weight excluding hydrogens is 272 g/mol. The van der Waals surface area contributed by atoms with Gasteiger partial charge in [-0.3, -0.25) is 0 Å². The largest absolute Gasteiger partial charge is 0.495 e. The van der Waals surface area contributed by atoms with Gasteiger partial charge in [0.2, 0.25) is 0 Å². The van der Waals surface area contributed by atoms with Crippen molar-refractivity contribution >= 4 is 5.69 Å². The smallest absolute Gasteiger partial charge is 0.141 e. The number of rotatable bonds is 6. The molecular formula is C19H30N2O. The Kier molecular flexibility index (Phi) is 4.62. The number of benzene rings is 1. The van der Waals surface area contributed by atoms with E-state index in [1.807, 2.05) is 12.1 Å². The molecule has 0 amide bonds. The van der Waals surface area contributed by atoms with E-state index >= 15 is 0 Å². The summed E-state index contributed by atoms with van der Waals surface area (Å²) in [7, 11) is 1.66. The minimum atomic E-state index is 0.474. The van der Waals surface area contributed by atoms with Crippen LogP contribution in [0.25, 0.3) is 0 Å². The van der Waals surface area contributed by atoms with Crippen LogP contribution in [0.15, 0.2) is 18.2 Å². The minimum absolute atomic E-state index is 0.474. The average Bonchev–Trinajstić information content (AvgIpc) is 3.10. The lowest BCUT2D eigenvalue weighted by Crippen LogP contribution is -2.42. The van der Waals surface area contributed by atoms with Crippen LogP contribution in [-0.4, -0.2) is 19.2 Å². The molecule has 3 rings (SSSR count). The van der Waals surface area contributed by atoms with Crippen LogP contribution in [0.5, 0.6) is 5.75 Å². The molecule has 1 aromatic rings. The maximum atomic E-state index is 6.00. The van der Waals surface area contributed by atoms with E-state index in [1.54, 1.807) is 7.11 Å². The molecule has 122 valence electrons. The number of nitrogens with two attached hydrogens (primary N) is 1. The summed E-state index contributed by atoms with van der Waals surface area (Å²) in [5, 5.41) is 3.83. The van der Waals surface area contributed by atoms with Gasteiger partial charge in [-0.1, -0.05) is 12.5 Å². The molecule has 3 N–H and O–H groups in total. The molecule has 3 nitrogen and oxygen atoms in total. The average molecular weight is 302 g/mol. The molecule has 0 saturated heterocycles. The molecule has 0 heterocycles. The molecule has 3 heteroatoms. The van der Waals surface area contributed by atoms with Crippen LogP contribution in [-0.2, 0) is 6.42 Å². The molecule has 0 radical (unpaired) electrons. The van der Waals surface area contributed by atoms with Crippen molar-refractivity contribution < 1.29 is 4.74 Å². The Balaban J connectivity index is 1.53. The van der Waals surface area contributed by atoms with E-state index in [4.69, 9.17) is 10.5 Å². The molecule has 2 bridgehead atoms. The minimum Gasteiger partial charge on any atom is -0.495 e. The molecule has 2 aliphatic carbocycles. The van der Waals surface area contributed by atoms with Gasteiger partial charge in [0.05, 0.1) is 12.8 Å². The Morgan fingerprint density at radius 3 is 2.68 bits per heavy atom. The van der Waals surface area contributed by atoms with Crippen LogP contribution < -0.4 is 15.8 Å². The van der Waals surface area contributed by atoms with Gasteiger partial charge in [0, 0.05) is 12.1 Å². The van der Waals surface area contributed by atoms with Crippen LogP contribution in [0, 0.1) is 17.8 Å². The maximum Gasteiger partial charge on any atom is 0.141 e. The van der Waals surface area contributed by atoms with E-state index in [1.165, 1.54) is 31.2 Å². The summed E-state index contributed by atoms with van der Waals surface area (Å²) in [6, 6.07) is 7.23. The van der Waals surface area contributed by atoms with Crippen molar-refractivity contribution in [3.05, 3.63) is 23.8 Å². The van der Waals surface area contributed by atoms with E-state index in [0.717, 1.165) is 35.6 Å². The van der Waals surface area contributed by atoms with Gasteiger partial charge >= 0.3 is 0 Å². The Morgan fingerprint density at radius 2 is 2.09 bits per heavy atom. The van der Waals surface area contributed by atoms with Crippen molar-refractivity contribution in [1.29, 1.82) is 0 Å². The highest BCUT2D eigenvalue weighted by Gasteiger charge is 2.41. The van der Waals surface area contributed by atoms with E-state index in [2.05, 4.69) is 25.2 Å². The molecule has 0 aliphatic heterocycles. The highest BCUT2D eigenvalue weighted by atomic mass is 16.5. The molecule has 22 heavy (non-hydrogen) atoms. The van der Waals surface area contributed by atoms with Crippen molar-refractivity contribution in [2.75, 3.05) is 12.8 Å². The normalized spacial score (nSPS) is 29.5. The first-order valence-corrected chi connectivity index (χ1v) is 8.75. The van der Waals surface area contributed by atoms with Crippen LogP contribution in [0.3, 0.4) is 0 Å². The van der Waals surface area contributed by atoms with Crippen molar-refractivity contribution in [3.8, 4) is 5.75 Å². The van der Waals surface area contributed by atoms with E-state index in [-0.39, 0.29) is 0 Å². The fourth-order valence-electron chi connectivity index (χ4n) is 4.80. The van der Waals surface area contributed by atoms with Gasteiger partial charge in [0.1, 0.15) is 5.75 Å². The summed E-state index contributed by atoms with van der Waals surface area (Å²) in [6.07, 6.45) is 6.89. The topological polar surface area (TPSA) is 47.3 Å². The van der Waals surface area contributed by atoms with Crippen LogP contribution in [0.2, 0.25) is 0 Å². The number of methoxy groups -OCH3 is 1. The number of hydrogen-bond donors (Lipinski definition) is 2. The molecule has 5 unspecified atom stereocenters. The SMILES string of the molecule is COc1ccc(CC(C)NC(C)C2CC3CCC2C3)cc1N. The summed E-state index contributed by atoms with van der Waals surface area (Å²) in [5.41, 5.74) is 8.01. The third-order valence-corrected chi connectivity index (χ3v) is 5.82. The van der Waals surface area contributed by atoms with Gasteiger partial charge in [0.25, 0.3) is 0 Å². The molecule has 2 fully saturated rings. The Hall–Kier alpha value is -1.22. The molecule has 5 atom stereocenters. The number of hydrogen-bond acceptors (Lipinski definition) is 3.